The van der Waals surface area contributed by atoms with Crippen molar-refractivity contribution >= 4 is 16.6 Å². The number of carbonyl (C=O) groups excluding carboxylic acids is 1. The molecule has 3 aromatic carbocycles. The van der Waals surface area contributed by atoms with Crippen molar-refractivity contribution in [2.24, 2.45) is 5.92 Å². The minimum atomic E-state index is 0.217. The predicted molar refractivity (Wildman–Crippen MR) is 188 cm³/mol. The molecular weight excluding hydrogens is 540 g/mol. The van der Waals surface area contributed by atoms with E-state index in [0.717, 1.165) is 52.8 Å². The van der Waals surface area contributed by atoms with Gasteiger partial charge in [0.1, 0.15) is 18.1 Å². The summed E-state index contributed by atoms with van der Waals surface area (Å²) in [5.74, 6) is 2.42. The number of unbranched alkanes of at least 4 members (excludes halogenated alkanes) is 15. The van der Waals surface area contributed by atoms with Gasteiger partial charge >= 0.3 is 0 Å². The number of ether oxygens (including phenoxy) is 2. The quantitative estimate of drug-likeness (QED) is 0.0717. The summed E-state index contributed by atoms with van der Waals surface area (Å²) in [5, 5.41) is 2.30. The normalized spacial score (nSPS) is 12.0. The van der Waals surface area contributed by atoms with Crippen LogP contribution in [0.4, 0.5) is 0 Å². The van der Waals surface area contributed by atoms with Crippen molar-refractivity contribution in [1.29, 1.82) is 0 Å². The van der Waals surface area contributed by atoms with E-state index in [1.165, 1.54) is 96.3 Å². The van der Waals surface area contributed by atoms with Crippen LogP contribution in [0.15, 0.2) is 60.7 Å². The van der Waals surface area contributed by atoms with E-state index in [9.17, 15) is 4.79 Å². The van der Waals surface area contributed by atoms with Crippen LogP contribution in [0.2, 0.25) is 0 Å². The van der Waals surface area contributed by atoms with E-state index in [-0.39, 0.29) is 5.78 Å². The number of rotatable bonds is 25. The molecule has 0 saturated heterocycles. The first kappa shape index (κ1) is 35.7. The third-order valence-corrected chi connectivity index (χ3v) is 8.96. The average molecular weight is 601 g/mol. The summed E-state index contributed by atoms with van der Waals surface area (Å²) in [4.78, 5) is 12.4. The summed E-state index contributed by atoms with van der Waals surface area (Å²) in [5.41, 5.74) is 1.84. The molecule has 0 aliphatic rings. The summed E-state index contributed by atoms with van der Waals surface area (Å²) in [6.07, 6.45) is 23.8. The van der Waals surface area contributed by atoms with Gasteiger partial charge in [-0.1, -0.05) is 160 Å². The molecule has 0 unspecified atom stereocenters. The lowest BCUT2D eigenvalue weighted by Crippen LogP contribution is -2.05. The Morgan fingerprint density at radius 3 is 1.57 bits per heavy atom. The minimum absolute atomic E-state index is 0.217. The summed E-state index contributed by atoms with van der Waals surface area (Å²) in [7, 11) is 0. The molecule has 0 saturated carbocycles. The summed E-state index contributed by atoms with van der Waals surface area (Å²) in [6, 6.07) is 20.3. The molecule has 0 amide bonds. The van der Waals surface area contributed by atoms with Gasteiger partial charge in [-0.2, -0.15) is 0 Å². The van der Waals surface area contributed by atoms with Gasteiger partial charge < -0.3 is 9.47 Å². The molecule has 44 heavy (non-hydrogen) atoms. The zero-order valence-electron chi connectivity index (χ0n) is 28.2. The lowest BCUT2D eigenvalue weighted by atomic mass is 9.97. The van der Waals surface area contributed by atoms with Crippen molar-refractivity contribution in [2.45, 2.75) is 143 Å². The highest BCUT2D eigenvalue weighted by atomic mass is 16.5. The fourth-order valence-corrected chi connectivity index (χ4v) is 5.75. The van der Waals surface area contributed by atoms with E-state index in [4.69, 9.17) is 9.47 Å². The molecule has 242 valence electrons. The van der Waals surface area contributed by atoms with Crippen LogP contribution >= 0.6 is 0 Å². The molecule has 0 fully saturated rings. The van der Waals surface area contributed by atoms with Gasteiger partial charge in [-0.15, -0.1) is 0 Å². The van der Waals surface area contributed by atoms with Crippen LogP contribution in [-0.2, 0) is 6.61 Å². The van der Waals surface area contributed by atoms with Crippen molar-refractivity contribution in [3.05, 3.63) is 71.8 Å². The Morgan fingerprint density at radius 1 is 0.591 bits per heavy atom. The number of ketones is 1. The monoisotopic (exact) mass is 600 g/mol. The third kappa shape index (κ3) is 14.3. The van der Waals surface area contributed by atoms with E-state index >= 15 is 0 Å². The molecule has 0 aliphatic carbocycles. The summed E-state index contributed by atoms with van der Waals surface area (Å²) < 4.78 is 12.1. The Balaban J connectivity index is 1.24. The lowest BCUT2D eigenvalue weighted by Gasteiger charge is -2.10. The molecule has 3 nitrogen and oxygen atoms in total. The van der Waals surface area contributed by atoms with E-state index in [0.29, 0.717) is 18.9 Å². The second kappa shape index (κ2) is 21.8. The fourth-order valence-electron chi connectivity index (χ4n) is 5.75. The zero-order chi connectivity index (χ0) is 31.2. The first-order valence-corrected chi connectivity index (χ1v) is 18.0. The Hall–Kier alpha value is -2.81. The zero-order valence-corrected chi connectivity index (χ0v) is 28.2. The smallest absolute Gasteiger partial charge is 0.163 e. The van der Waals surface area contributed by atoms with Gasteiger partial charge in [0.25, 0.3) is 0 Å². The van der Waals surface area contributed by atoms with E-state index < -0.39 is 0 Å². The van der Waals surface area contributed by atoms with Gasteiger partial charge in [-0.3, -0.25) is 4.79 Å². The molecule has 0 heterocycles. The number of benzene rings is 3. The Labute approximate surface area is 269 Å². The van der Waals surface area contributed by atoms with E-state index in [1.54, 1.807) is 0 Å². The van der Waals surface area contributed by atoms with Gasteiger partial charge in [0.2, 0.25) is 0 Å². The van der Waals surface area contributed by atoms with Gasteiger partial charge in [0.05, 0.1) is 6.61 Å². The maximum atomic E-state index is 12.4. The van der Waals surface area contributed by atoms with Crippen LogP contribution in [0.5, 0.6) is 11.5 Å². The predicted octanol–water partition coefficient (Wildman–Crippen LogP) is 12.7. The van der Waals surface area contributed by atoms with Gasteiger partial charge in [-0.05, 0) is 52.9 Å². The highest BCUT2D eigenvalue weighted by Gasteiger charge is 2.10. The summed E-state index contributed by atoms with van der Waals surface area (Å²) in [6.45, 7) is 7.80. The third-order valence-electron chi connectivity index (χ3n) is 8.96. The number of fused-ring (bicyclic) bond motifs is 1. The average Bonchev–Trinajstić information content (AvgIpc) is 3.05. The molecule has 0 aliphatic heterocycles. The fraction of sp³-hybridized carbons (Fsp3) is 0.585. The second-order valence-corrected chi connectivity index (χ2v) is 12.9. The van der Waals surface area contributed by atoms with Gasteiger partial charge in [0, 0.05) is 12.0 Å². The molecule has 3 heteroatoms. The van der Waals surface area contributed by atoms with Crippen molar-refractivity contribution in [3.8, 4) is 11.5 Å². The standard InChI is InChI=1S/C41H60O3/c1-4-6-7-8-9-10-11-12-13-14-15-16-17-18-19-20-29-43-39-27-25-38-32-40(28-26-37(38)31-39)44-33-35-21-23-36(24-22-35)41(42)30-34(3)5-2/h21-28,31-32,34H,4-20,29-30,33H2,1-3H3/t34-/m1/s1. The second-order valence-electron chi connectivity index (χ2n) is 12.9. The largest absolute Gasteiger partial charge is 0.494 e. The Morgan fingerprint density at radius 2 is 1.07 bits per heavy atom. The van der Waals surface area contributed by atoms with Gasteiger partial charge in [0.15, 0.2) is 5.78 Å². The highest BCUT2D eigenvalue weighted by molar-refractivity contribution is 5.96. The molecule has 1 atom stereocenters. The molecular formula is C41H60O3. The molecule has 3 rings (SSSR count). The van der Waals surface area contributed by atoms with Crippen LogP contribution in [0.25, 0.3) is 10.8 Å². The first-order chi connectivity index (χ1) is 21.6. The van der Waals surface area contributed by atoms with E-state index in [1.807, 2.05) is 30.3 Å². The highest BCUT2D eigenvalue weighted by Crippen LogP contribution is 2.26. The topological polar surface area (TPSA) is 35.5 Å². The first-order valence-electron chi connectivity index (χ1n) is 18.0. The maximum Gasteiger partial charge on any atom is 0.163 e. The van der Waals surface area contributed by atoms with Gasteiger partial charge in [-0.25, -0.2) is 0 Å². The Kier molecular flexibility index (Phi) is 17.7. The number of carbonyl (C=O) groups is 1. The minimum Gasteiger partial charge on any atom is -0.494 e. The number of hydrogen-bond acceptors (Lipinski definition) is 3. The lowest BCUT2D eigenvalue weighted by molar-refractivity contribution is 0.0963. The molecule has 0 bridgehead atoms. The van der Waals surface area contributed by atoms with Crippen LogP contribution < -0.4 is 9.47 Å². The Bertz CT molecular complexity index is 1180. The molecule has 0 spiro atoms. The van der Waals surface area contributed by atoms with Crippen molar-refractivity contribution in [3.63, 3.8) is 0 Å². The molecule has 0 radical (unpaired) electrons. The molecule has 0 N–H and O–H groups in total. The molecule has 0 aromatic heterocycles. The van der Waals surface area contributed by atoms with Crippen LogP contribution in [0.3, 0.4) is 0 Å². The molecule has 3 aromatic rings. The van der Waals surface area contributed by atoms with E-state index in [2.05, 4.69) is 51.1 Å². The van der Waals surface area contributed by atoms with Crippen LogP contribution in [0, 0.1) is 5.92 Å². The maximum absolute atomic E-state index is 12.4. The van der Waals surface area contributed by atoms with Crippen LogP contribution in [-0.4, -0.2) is 12.4 Å². The van der Waals surface area contributed by atoms with Crippen molar-refractivity contribution in [2.75, 3.05) is 6.61 Å². The van der Waals surface area contributed by atoms with Crippen molar-refractivity contribution < 1.29 is 14.3 Å². The number of hydrogen-bond donors (Lipinski definition) is 0. The van der Waals surface area contributed by atoms with Crippen molar-refractivity contribution in [1.82, 2.24) is 0 Å². The van der Waals surface area contributed by atoms with Crippen LogP contribution in [0.1, 0.15) is 152 Å². The summed E-state index contributed by atoms with van der Waals surface area (Å²) >= 11 is 0. The SMILES string of the molecule is CCCCCCCCCCCCCCCCCCOc1ccc2cc(OCc3ccc(C(=O)C[C@H](C)CC)cc3)ccc2c1. The number of Topliss-reactive ketones (excluding diaryl/α,β-unsaturated/α-hetero) is 1.